The molecule has 0 aliphatic heterocycles. The normalized spacial score (nSPS) is 10.5. The van der Waals surface area contributed by atoms with E-state index in [0.717, 1.165) is 11.3 Å². The van der Waals surface area contributed by atoms with E-state index >= 15 is 0 Å². The Morgan fingerprint density at radius 3 is 3.17 bits per heavy atom. The molecule has 0 atom stereocenters. The summed E-state index contributed by atoms with van der Waals surface area (Å²) in [7, 11) is 0. The summed E-state index contributed by atoms with van der Waals surface area (Å²) in [5.74, 6) is 0. The number of rotatable bonds is 4. The predicted octanol–water partition coefficient (Wildman–Crippen LogP) is 3.50. The maximum Gasteiger partial charge on any atom is 0.0648 e. The zero-order valence-corrected chi connectivity index (χ0v) is 10.1. The average molecular weight is 239 g/mol. The van der Waals surface area contributed by atoms with Gasteiger partial charge in [-0.1, -0.05) is 29.4 Å². The van der Waals surface area contributed by atoms with Crippen LogP contribution in [0, 0.1) is 6.92 Å². The lowest BCUT2D eigenvalue weighted by Crippen LogP contribution is -1.93. The highest BCUT2D eigenvalue weighted by atomic mass is 15.3. The molecule has 0 spiro atoms. The smallest absolute Gasteiger partial charge is 0.0648 e. The number of nitrogens with zero attached hydrogens (tertiary/aromatic N) is 5. The Kier molecular flexibility index (Phi) is 3.79. The molecule has 0 N–H and O–H groups in total. The van der Waals surface area contributed by atoms with E-state index in [1.54, 1.807) is 12.3 Å². The molecule has 1 aromatic heterocycles. The summed E-state index contributed by atoms with van der Waals surface area (Å²) in [4.78, 5) is 2.68. The zero-order chi connectivity index (χ0) is 12.8. The molecule has 0 aliphatic rings. The summed E-state index contributed by atoms with van der Waals surface area (Å²) in [6, 6.07) is 8.13. The first-order valence-electron chi connectivity index (χ1n) is 5.59. The average Bonchev–Trinajstić information content (AvgIpc) is 2.83. The molecule has 0 unspecified atom stereocenters. The second-order valence-electron chi connectivity index (χ2n) is 3.87. The minimum Gasteiger partial charge on any atom is -0.240 e. The van der Waals surface area contributed by atoms with Gasteiger partial charge in [0, 0.05) is 23.2 Å². The van der Waals surface area contributed by atoms with Crippen LogP contribution in [0.15, 0.2) is 47.8 Å². The fourth-order valence-corrected chi connectivity index (χ4v) is 1.61. The van der Waals surface area contributed by atoms with Crippen molar-refractivity contribution in [1.82, 2.24) is 9.78 Å². The Morgan fingerprint density at radius 2 is 2.39 bits per heavy atom. The van der Waals surface area contributed by atoms with Crippen LogP contribution in [0.4, 0.5) is 0 Å². The third-order valence-electron chi connectivity index (χ3n) is 2.43. The number of aromatic nitrogens is 2. The van der Waals surface area contributed by atoms with Crippen LogP contribution in [-0.2, 0) is 0 Å². The minimum absolute atomic E-state index is 0.353. The topological polar surface area (TPSA) is 66.6 Å². The van der Waals surface area contributed by atoms with E-state index in [-0.39, 0.29) is 0 Å². The number of aryl methyl sites for hydroxylation is 1. The molecule has 2 rings (SSSR count). The van der Waals surface area contributed by atoms with Crippen LogP contribution in [0.1, 0.15) is 11.1 Å². The first-order valence-corrected chi connectivity index (χ1v) is 5.59. The second-order valence-corrected chi connectivity index (χ2v) is 3.87. The van der Waals surface area contributed by atoms with E-state index in [9.17, 15) is 0 Å². The van der Waals surface area contributed by atoms with Gasteiger partial charge >= 0.3 is 0 Å². The van der Waals surface area contributed by atoms with Gasteiger partial charge < -0.3 is 0 Å². The van der Waals surface area contributed by atoms with E-state index in [2.05, 4.69) is 21.2 Å². The number of hydrogen-bond acceptors (Lipinski definition) is 2. The van der Waals surface area contributed by atoms with Crippen molar-refractivity contribution in [2.75, 3.05) is 6.54 Å². The van der Waals surface area contributed by atoms with Gasteiger partial charge in [-0.15, -0.1) is 0 Å². The molecule has 0 radical (unpaired) electrons. The van der Waals surface area contributed by atoms with Crippen LogP contribution in [0.5, 0.6) is 0 Å². The predicted molar refractivity (Wildman–Crippen MR) is 71.3 cm³/mol. The Labute approximate surface area is 105 Å². The van der Waals surface area contributed by atoms with Crippen LogP contribution < -0.4 is 0 Å². The largest absolute Gasteiger partial charge is 0.240 e. The molecule has 1 heterocycles. The van der Waals surface area contributed by atoms with Crippen molar-refractivity contribution >= 4 is 6.08 Å². The molecule has 2 aromatic rings. The van der Waals surface area contributed by atoms with Crippen LogP contribution in [0.2, 0.25) is 0 Å². The van der Waals surface area contributed by atoms with E-state index in [0.29, 0.717) is 6.54 Å². The molecule has 0 amide bonds. The number of hydrogen-bond donors (Lipinski definition) is 0. The quantitative estimate of drug-likeness (QED) is 0.457. The molecule has 0 aliphatic carbocycles. The summed E-state index contributed by atoms with van der Waals surface area (Å²) in [6.07, 6.45) is 7.39. The van der Waals surface area contributed by atoms with Gasteiger partial charge in [0.05, 0.1) is 11.9 Å². The molecular formula is C13H13N5. The Morgan fingerprint density at radius 1 is 1.50 bits per heavy atom. The molecule has 0 saturated heterocycles. The van der Waals surface area contributed by atoms with Crippen LogP contribution in [0.3, 0.4) is 0 Å². The molecule has 0 fully saturated rings. The molecule has 0 saturated carbocycles. The van der Waals surface area contributed by atoms with Crippen LogP contribution in [0.25, 0.3) is 22.2 Å². The highest BCUT2D eigenvalue weighted by Gasteiger charge is 1.98. The van der Waals surface area contributed by atoms with Crippen molar-refractivity contribution in [3.8, 4) is 5.69 Å². The van der Waals surface area contributed by atoms with Crippen molar-refractivity contribution in [2.45, 2.75) is 6.92 Å². The Balaban J connectivity index is 2.15. The number of benzene rings is 1. The van der Waals surface area contributed by atoms with E-state index in [1.807, 2.05) is 42.1 Å². The molecule has 5 nitrogen and oxygen atoms in total. The lowest BCUT2D eigenvalue weighted by Gasteiger charge is -2.01. The highest BCUT2D eigenvalue weighted by molar-refractivity contribution is 5.48. The standard InChI is InChI=1S/C13H13N5/c1-11-4-2-6-13(8-11)18-10-12(9-16-18)5-3-7-15-17-14/h2-6,8-10H,7H2,1H3. The monoisotopic (exact) mass is 239 g/mol. The second kappa shape index (κ2) is 5.70. The van der Waals surface area contributed by atoms with Gasteiger partial charge in [0.15, 0.2) is 0 Å². The molecule has 1 aromatic carbocycles. The van der Waals surface area contributed by atoms with Crippen molar-refractivity contribution < 1.29 is 0 Å². The van der Waals surface area contributed by atoms with Gasteiger partial charge in [-0.3, -0.25) is 0 Å². The van der Waals surface area contributed by atoms with E-state index in [1.165, 1.54) is 5.56 Å². The Hall–Kier alpha value is -2.52. The summed E-state index contributed by atoms with van der Waals surface area (Å²) in [5, 5.41) is 7.72. The maximum absolute atomic E-state index is 8.15. The molecule has 5 heteroatoms. The third kappa shape index (κ3) is 2.99. The van der Waals surface area contributed by atoms with Gasteiger partial charge in [-0.2, -0.15) is 5.10 Å². The highest BCUT2D eigenvalue weighted by Crippen LogP contribution is 2.11. The SMILES string of the molecule is Cc1cccc(-n2cc(C=CCN=[N+]=[N-])cn2)c1. The third-order valence-corrected chi connectivity index (χ3v) is 2.43. The molecule has 0 bridgehead atoms. The molecule has 90 valence electrons. The zero-order valence-electron chi connectivity index (χ0n) is 10.1. The fraction of sp³-hybridized carbons (Fsp3) is 0.154. The van der Waals surface area contributed by atoms with Gasteiger partial charge in [-0.05, 0) is 30.2 Å². The van der Waals surface area contributed by atoms with Crippen molar-refractivity contribution in [1.29, 1.82) is 0 Å². The molecule has 18 heavy (non-hydrogen) atoms. The van der Waals surface area contributed by atoms with Gasteiger partial charge in [0.2, 0.25) is 0 Å². The van der Waals surface area contributed by atoms with Gasteiger partial charge in [-0.25, -0.2) is 4.68 Å². The van der Waals surface area contributed by atoms with Crippen LogP contribution >= 0.6 is 0 Å². The fourth-order valence-electron chi connectivity index (χ4n) is 1.61. The van der Waals surface area contributed by atoms with Gasteiger partial charge in [0.25, 0.3) is 0 Å². The van der Waals surface area contributed by atoms with Gasteiger partial charge in [0.1, 0.15) is 0 Å². The maximum atomic E-state index is 8.15. The summed E-state index contributed by atoms with van der Waals surface area (Å²) in [6.45, 7) is 2.40. The Bertz CT molecular complexity index is 605. The lowest BCUT2D eigenvalue weighted by atomic mass is 10.2. The number of azide groups is 1. The summed E-state index contributed by atoms with van der Waals surface area (Å²) < 4.78 is 1.82. The van der Waals surface area contributed by atoms with Crippen molar-refractivity contribution in [3.63, 3.8) is 0 Å². The van der Waals surface area contributed by atoms with Crippen LogP contribution in [-0.4, -0.2) is 16.3 Å². The van der Waals surface area contributed by atoms with Crippen molar-refractivity contribution in [2.24, 2.45) is 5.11 Å². The van der Waals surface area contributed by atoms with Crippen molar-refractivity contribution in [3.05, 3.63) is 64.3 Å². The lowest BCUT2D eigenvalue weighted by molar-refractivity contribution is 0.879. The minimum atomic E-state index is 0.353. The summed E-state index contributed by atoms with van der Waals surface area (Å²) in [5.41, 5.74) is 11.4. The van der Waals surface area contributed by atoms with E-state index in [4.69, 9.17) is 5.53 Å². The van der Waals surface area contributed by atoms with E-state index < -0.39 is 0 Å². The molecular weight excluding hydrogens is 226 g/mol. The first-order chi connectivity index (χ1) is 8.79. The summed E-state index contributed by atoms with van der Waals surface area (Å²) >= 11 is 0. The first kappa shape index (κ1) is 12.0.